The summed E-state index contributed by atoms with van der Waals surface area (Å²) in [7, 11) is 0. The number of nitrogens with two attached hydrogens (primary N) is 1. The third kappa shape index (κ3) is 2.51. The van der Waals surface area contributed by atoms with Gasteiger partial charge in [-0.25, -0.2) is 15.0 Å². The van der Waals surface area contributed by atoms with E-state index < -0.39 is 24.0 Å². The summed E-state index contributed by atoms with van der Waals surface area (Å²) in [5, 5.41) is 10.0. The molecule has 0 amide bonds. The fourth-order valence-corrected chi connectivity index (χ4v) is 3.80. The Balaban J connectivity index is 1.45. The molecule has 2 aliphatic rings. The van der Waals surface area contributed by atoms with Gasteiger partial charge in [0.25, 0.3) is 0 Å². The number of fused-ring (bicyclic) bond motifs is 3. The number of ether oxygens (including phenoxy) is 3. The molecular formula is C18H19N5O4. The molecule has 2 saturated heterocycles. The molecule has 4 heterocycles. The highest BCUT2D eigenvalue weighted by Crippen LogP contribution is 2.47. The minimum atomic E-state index is -0.917. The molecule has 0 saturated carbocycles. The van der Waals surface area contributed by atoms with E-state index in [4.69, 9.17) is 19.9 Å². The van der Waals surface area contributed by atoms with Crippen molar-refractivity contribution in [3.05, 3.63) is 48.5 Å². The van der Waals surface area contributed by atoms with Gasteiger partial charge in [0.1, 0.15) is 29.7 Å². The SMILES string of the molecule is Nc1ncnc2c1ncn2C1O[C@]2(CO)COC1C2OCc1ccccc1. The number of nitrogens with zero attached hydrogens (tertiary/aromatic N) is 4. The van der Waals surface area contributed by atoms with Gasteiger partial charge in [-0.1, -0.05) is 30.3 Å². The van der Waals surface area contributed by atoms with Crippen LogP contribution in [-0.4, -0.2) is 55.6 Å². The van der Waals surface area contributed by atoms with Crippen molar-refractivity contribution in [2.45, 2.75) is 30.6 Å². The van der Waals surface area contributed by atoms with Gasteiger partial charge < -0.3 is 25.1 Å². The first-order chi connectivity index (χ1) is 13.2. The number of aliphatic hydroxyl groups is 1. The van der Waals surface area contributed by atoms with E-state index in [0.717, 1.165) is 5.56 Å². The molecule has 3 N–H and O–H groups in total. The maximum absolute atomic E-state index is 10.0. The third-order valence-electron chi connectivity index (χ3n) is 5.17. The fourth-order valence-electron chi connectivity index (χ4n) is 3.80. The summed E-state index contributed by atoms with van der Waals surface area (Å²) < 4.78 is 20.0. The number of benzene rings is 1. The molecule has 9 nitrogen and oxygen atoms in total. The molecule has 3 unspecified atom stereocenters. The lowest BCUT2D eigenvalue weighted by molar-refractivity contribution is -0.187. The minimum Gasteiger partial charge on any atom is -0.393 e. The van der Waals surface area contributed by atoms with Gasteiger partial charge in [0.05, 0.1) is 26.1 Å². The Morgan fingerprint density at radius 2 is 2.11 bits per heavy atom. The third-order valence-corrected chi connectivity index (χ3v) is 5.17. The number of rotatable bonds is 5. The summed E-state index contributed by atoms with van der Waals surface area (Å²) >= 11 is 0. The van der Waals surface area contributed by atoms with Crippen molar-refractivity contribution < 1.29 is 19.3 Å². The molecule has 2 bridgehead atoms. The zero-order valence-corrected chi connectivity index (χ0v) is 14.4. The number of aliphatic hydroxyl groups excluding tert-OH is 1. The van der Waals surface area contributed by atoms with Gasteiger partial charge in [0, 0.05) is 0 Å². The average Bonchev–Trinajstić information content (AvgIpc) is 3.37. The van der Waals surface area contributed by atoms with Gasteiger partial charge in [0.15, 0.2) is 17.7 Å². The van der Waals surface area contributed by atoms with Gasteiger partial charge in [-0.2, -0.15) is 0 Å². The first-order valence-corrected chi connectivity index (χ1v) is 8.71. The monoisotopic (exact) mass is 369 g/mol. The van der Waals surface area contributed by atoms with E-state index in [2.05, 4.69) is 15.0 Å². The molecule has 0 radical (unpaired) electrons. The molecule has 2 aromatic heterocycles. The second kappa shape index (κ2) is 6.24. The lowest BCUT2D eigenvalue weighted by atomic mass is 10.00. The summed E-state index contributed by atoms with van der Waals surface area (Å²) in [4.78, 5) is 12.5. The molecule has 140 valence electrons. The summed E-state index contributed by atoms with van der Waals surface area (Å²) in [5.74, 6) is 0.302. The average molecular weight is 369 g/mol. The summed E-state index contributed by atoms with van der Waals surface area (Å²) in [6.45, 7) is 0.472. The van der Waals surface area contributed by atoms with Crippen molar-refractivity contribution in [2.75, 3.05) is 18.9 Å². The van der Waals surface area contributed by atoms with Crippen molar-refractivity contribution in [1.82, 2.24) is 19.5 Å². The zero-order valence-electron chi connectivity index (χ0n) is 14.4. The van der Waals surface area contributed by atoms with Gasteiger partial charge >= 0.3 is 0 Å². The standard InChI is InChI=1S/C18H19N5O4/c19-15-12-16(21-9-20-15)23(10-22-12)17-13-14(18(7-24,27-17)8-26-13)25-6-11-4-2-1-3-5-11/h1-5,9-10,13-14,17,24H,6-8H2,(H2,19,20,21)/t13?,14?,17?,18-/m1/s1. The molecule has 2 aliphatic heterocycles. The molecule has 2 fully saturated rings. The lowest BCUT2D eigenvalue weighted by Crippen LogP contribution is -2.45. The normalized spacial score (nSPS) is 29.6. The Labute approximate surface area is 154 Å². The molecule has 0 spiro atoms. The fraction of sp³-hybridized carbons (Fsp3) is 0.389. The van der Waals surface area contributed by atoms with E-state index in [1.54, 1.807) is 10.9 Å². The predicted molar refractivity (Wildman–Crippen MR) is 94.4 cm³/mol. The van der Waals surface area contributed by atoms with Gasteiger partial charge in [-0.05, 0) is 5.56 Å². The summed E-state index contributed by atoms with van der Waals surface area (Å²) in [6.07, 6.45) is 1.66. The first-order valence-electron chi connectivity index (χ1n) is 8.71. The van der Waals surface area contributed by atoms with Crippen molar-refractivity contribution >= 4 is 17.0 Å². The molecule has 0 aliphatic carbocycles. The number of hydrogen-bond acceptors (Lipinski definition) is 8. The molecule has 1 aromatic carbocycles. The molecule has 4 atom stereocenters. The van der Waals surface area contributed by atoms with Gasteiger partial charge in [0.2, 0.25) is 0 Å². The highest BCUT2D eigenvalue weighted by molar-refractivity contribution is 5.81. The van der Waals surface area contributed by atoms with Crippen LogP contribution in [0.2, 0.25) is 0 Å². The van der Waals surface area contributed by atoms with Crippen LogP contribution in [0.15, 0.2) is 43.0 Å². The van der Waals surface area contributed by atoms with E-state index in [-0.39, 0.29) is 13.2 Å². The van der Waals surface area contributed by atoms with Gasteiger partial charge in [-0.3, -0.25) is 4.57 Å². The lowest BCUT2D eigenvalue weighted by Gasteiger charge is -2.29. The van der Waals surface area contributed by atoms with E-state index in [1.165, 1.54) is 6.33 Å². The number of nitrogen functional groups attached to an aromatic ring is 1. The Kier molecular flexibility index (Phi) is 3.83. The highest BCUT2D eigenvalue weighted by Gasteiger charge is 2.63. The Morgan fingerprint density at radius 3 is 2.93 bits per heavy atom. The van der Waals surface area contributed by atoms with Crippen LogP contribution in [0.1, 0.15) is 11.8 Å². The van der Waals surface area contributed by atoms with E-state index in [0.29, 0.717) is 23.6 Å². The Hall–Kier alpha value is -2.59. The number of imidazole rings is 1. The van der Waals surface area contributed by atoms with E-state index in [1.807, 2.05) is 30.3 Å². The first kappa shape index (κ1) is 16.6. The highest BCUT2D eigenvalue weighted by atomic mass is 16.7. The van der Waals surface area contributed by atoms with Crippen molar-refractivity contribution in [3.63, 3.8) is 0 Å². The van der Waals surface area contributed by atoms with Crippen LogP contribution >= 0.6 is 0 Å². The second-order valence-corrected chi connectivity index (χ2v) is 6.81. The van der Waals surface area contributed by atoms with Crippen LogP contribution in [0.4, 0.5) is 5.82 Å². The Morgan fingerprint density at radius 1 is 1.26 bits per heavy atom. The number of hydrogen-bond donors (Lipinski definition) is 2. The second-order valence-electron chi connectivity index (χ2n) is 6.81. The van der Waals surface area contributed by atoms with Crippen LogP contribution in [0.25, 0.3) is 11.2 Å². The van der Waals surface area contributed by atoms with Crippen molar-refractivity contribution in [1.29, 1.82) is 0 Å². The molecule has 9 heteroatoms. The number of anilines is 1. The van der Waals surface area contributed by atoms with Crippen LogP contribution in [0.5, 0.6) is 0 Å². The summed E-state index contributed by atoms with van der Waals surface area (Å²) in [5.41, 5.74) is 7.06. The minimum absolute atomic E-state index is 0.205. The van der Waals surface area contributed by atoms with E-state index >= 15 is 0 Å². The van der Waals surface area contributed by atoms with Crippen LogP contribution in [0, 0.1) is 0 Å². The molecule has 5 rings (SSSR count). The quantitative estimate of drug-likeness (QED) is 0.673. The van der Waals surface area contributed by atoms with Gasteiger partial charge in [-0.15, -0.1) is 0 Å². The van der Waals surface area contributed by atoms with Crippen LogP contribution in [-0.2, 0) is 20.8 Å². The van der Waals surface area contributed by atoms with Crippen molar-refractivity contribution in [3.8, 4) is 0 Å². The smallest absolute Gasteiger partial charge is 0.167 e. The molecular weight excluding hydrogens is 350 g/mol. The van der Waals surface area contributed by atoms with Crippen LogP contribution < -0.4 is 5.73 Å². The van der Waals surface area contributed by atoms with Crippen molar-refractivity contribution in [2.24, 2.45) is 0 Å². The van der Waals surface area contributed by atoms with E-state index in [9.17, 15) is 5.11 Å². The summed E-state index contributed by atoms with van der Waals surface area (Å²) in [6, 6.07) is 9.86. The molecule has 3 aromatic rings. The zero-order chi connectivity index (χ0) is 18.4. The maximum Gasteiger partial charge on any atom is 0.167 e. The van der Waals surface area contributed by atoms with Crippen LogP contribution in [0.3, 0.4) is 0 Å². The largest absolute Gasteiger partial charge is 0.393 e. The Bertz CT molecular complexity index is 965. The molecule has 27 heavy (non-hydrogen) atoms. The number of aromatic nitrogens is 4. The predicted octanol–water partition coefficient (Wildman–Crippen LogP) is 0.653. The topological polar surface area (TPSA) is 118 Å². The maximum atomic E-state index is 10.0.